The lowest BCUT2D eigenvalue weighted by Crippen LogP contribution is -2.28. The Bertz CT molecular complexity index is 579. The molecule has 0 aliphatic heterocycles. The molecule has 19 heavy (non-hydrogen) atoms. The van der Waals surface area contributed by atoms with E-state index in [1.54, 1.807) is 23.0 Å². The zero-order valence-corrected chi connectivity index (χ0v) is 11.0. The molecule has 0 aliphatic carbocycles. The van der Waals surface area contributed by atoms with Gasteiger partial charge in [0.15, 0.2) is 0 Å². The molecule has 2 heterocycles. The number of aromatic nitrogens is 2. The second-order valence-corrected chi connectivity index (χ2v) is 4.55. The van der Waals surface area contributed by atoms with Crippen LogP contribution in [0, 0.1) is 0 Å². The Morgan fingerprint density at radius 3 is 2.89 bits per heavy atom. The third kappa shape index (κ3) is 3.93. The third-order valence-corrected chi connectivity index (χ3v) is 2.89. The molecule has 0 unspecified atom stereocenters. The van der Waals surface area contributed by atoms with Gasteiger partial charge in [0.05, 0.1) is 5.69 Å². The molecule has 5 nitrogen and oxygen atoms in total. The van der Waals surface area contributed by atoms with Gasteiger partial charge in [0.1, 0.15) is 0 Å². The SMILES string of the molecule is CN(CCn1cc(N)ccc1=O)Cc1ccccn1. The summed E-state index contributed by atoms with van der Waals surface area (Å²) >= 11 is 0. The van der Waals surface area contributed by atoms with Crippen molar-refractivity contribution in [2.24, 2.45) is 0 Å². The normalized spacial score (nSPS) is 10.8. The van der Waals surface area contributed by atoms with Gasteiger partial charge >= 0.3 is 0 Å². The van der Waals surface area contributed by atoms with Gasteiger partial charge in [-0.05, 0) is 25.2 Å². The summed E-state index contributed by atoms with van der Waals surface area (Å²) in [4.78, 5) is 18.0. The van der Waals surface area contributed by atoms with Crippen LogP contribution in [0.2, 0.25) is 0 Å². The zero-order valence-electron chi connectivity index (χ0n) is 11.0. The summed E-state index contributed by atoms with van der Waals surface area (Å²) < 4.78 is 1.63. The van der Waals surface area contributed by atoms with Crippen molar-refractivity contribution >= 4 is 5.69 Å². The molecule has 0 amide bonds. The first-order valence-electron chi connectivity index (χ1n) is 6.19. The van der Waals surface area contributed by atoms with Gasteiger partial charge in [-0.15, -0.1) is 0 Å². The third-order valence-electron chi connectivity index (χ3n) is 2.89. The van der Waals surface area contributed by atoms with Crippen molar-refractivity contribution in [2.75, 3.05) is 19.3 Å². The Morgan fingerprint density at radius 2 is 2.16 bits per heavy atom. The lowest BCUT2D eigenvalue weighted by atomic mass is 10.3. The number of anilines is 1. The summed E-state index contributed by atoms with van der Waals surface area (Å²) in [5, 5.41) is 0. The van der Waals surface area contributed by atoms with Crippen LogP contribution < -0.4 is 11.3 Å². The van der Waals surface area contributed by atoms with Gasteiger partial charge in [0.25, 0.3) is 5.56 Å². The molecule has 0 aliphatic rings. The van der Waals surface area contributed by atoms with Gasteiger partial charge in [0.2, 0.25) is 0 Å². The van der Waals surface area contributed by atoms with Crippen LogP contribution in [-0.2, 0) is 13.1 Å². The van der Waals surface area contributed by atoms with Gasteiger partial charge in [-0.3, -0.25) is 14.7 Å². The highest BCUT2D eigenvalue weighted by atomic mass is 16.1. The van der Waals surface area contributed by atoms with Crippen LogP contribution in [0.25, 0.3) is 0 Å². The topological polar surface area (TPSA) is 64.2 Å². The summed E-state index contributed by atoms with van der Waals surface area (Å²) in [5.74, 6) is 0. The summed E-state index contributed by atoms with van der Waals surface area (Å²) in [6.45, 7) is 2.14. The number of rotatable bonds is 5. The van der Waals surface area contributed by atoms with E-state index in [4.69, 9.17) is 5.73 Å². The molecule has 0 aromatic carbocycles. The number of nitrogen functional groups attached to an aromatic ring is 1. The zero-order chi connectivity index (χ0) is 13.7. The predicted molar refractivity (Wildman–Crippen MR) is 75.7 cm³/mol. The van der Waals surface area contributed by atoms with Crippen molar-refractivity contribution < 1.29 is 0 Å². The van der Waals surface area contributed by atoms with Crippen LogP contribution in [-0.4, -0.2) is 28.0 Å². The maximum Gasteiger partial charge on any atom is 0.250 e. The number of pyridine rings is 2. The summed E-state index contributed by atoms with van der Waals surface area (Å²) in [7, 11) is 2.01. The number of hydrogen-bond acceptors (Lipinski definition) is 4. The Hall–Kier alpha value is -2.14. The number of likely N-dealkylation sites (N-methyl/N-ethyl adjacent to an activating group) is 1. The molecule has 2 N–H and O–H groups in total. The van der Waals surface area contributed by atoms with Crippen molar-refractivity contribution in [3.63, 3.8) is 0 Å². The van der Waals surface area contributed by atoms with Crippen molar-refractivity contribution in [2.45, 2.75) is 13.1 Å². The van der Waals surface area contributed by atoms with Crippen LogP contribution in [0.1, 0.15) is 5.69 Å². The molecule has 0 bridgehead atoms. The maximum atomic E-state index is 11.6. The van der Waals surface area contributed by atoms with Crippen LogP contribution in [0.5, 0.6) is 0 Å². The van der Waals surface area contributed by atoms with Crippen LogP contribution in [0.4, 0.5) is 5.69 Å². The quantitative estimate of drug-likeness (QED) is 0.867. The number of hydrogen-bond donors (Lipinski definition) is 1. The van der Waals surface area contributed by atoms with Crippen LogP contribution in [0.15, 0.2) is 47.5 Å². The molecule has 100 valence electrons. The lowest BCUT2D eigenvalue weighted by Gasteiger charge is -2.16. The molecule has 0 radical (unpaired) electrons. The highest BCUT2D eigenvalue weighted by molar-refractivity contribution is 5.33. The van der Waals surface area contributed by atoms with Gasteiger partial charge in [-0.25, -0.2) is 0 Å². The molecule has 5 heteroatoms. The smallest absolute Gasteiger partial charge is 0.250 e. The van der Waals surface area contributed by atoms with Gasteiger partial charge in [-0.2, -0.15) is 0 Å². The largest absolute Gasteiger partial charge is 0.398 e. The predicted octanol–water partition coefficient (Wildman–Crippen LogP) is 0.957. The molecule has 0 saturated carbocycles. The number of nitrogens with zero attached hydrogens (tertiary/aromatic N) is 3. The Kier molecular flexibility index (Phi) is 4.30. The van der Waals surface area contributed by atoms with E-state index in [9.17, 15) is 4.79 Å². The standard InChI is InChI=1S/C14H18N4O/c1-17(11-13-4-2-3-7-16-13)8-9-18-10-12(15)5-6-14(18)19/h2-7,10H,8-9,11,15H2,1H3. The van der Waals surface area contributed by atoms with E-state index in [2.05, 4.69) is 9.88 Å². The van der Waals surface area contributed by atoms with Gasteiger partial charge < -0.3 is 10.3 Å². The monoisotopic (exact) mass is 258 g/mol. The first-order chi connectivity index (χ1) is 9.15. The van der Waals surface area contributed by atoms with Crippen LogP contribution >= 0.6 is 0 Å². The van der Waals surface area contributed by atoms with Crippen molar-refractivity contribution in [3.8, 4) is 0 Å². The first kappa shape index (κ1) is 13.3. The van der Waals surface area contributed by atoms with E-state index in [0.29, 0.717) is 12.2 Å². The minimum absolute atomic E-state index is 0.0274. The fourth-order valence-corrected chi connectivity index (χ4v) is 1.85. The Labute approximate surface area is 112 Å². The van der Waals surface area contributed by atoms with E-state index >= 15 is 0 Å². The molecule has 2 aromatic rings. The van der Waals surface area contributed by atoms with E-state index < -0.39 is 0 Å². The number of nitrogens with two attached hydrogens (primary N) is 1. The molecule has 0 saturated heterocycles. The molecule has 2 aromatic heterocycles. The van der Waals surface area contributed by atoms with Crippen molar-refractivity contribution in [1.82, 2.24) is 14.5 Å². The van der Waals surface area contributed by atoms with E-state index in [1.165, 1.54) is 6.07 Å². The van der Waals surface area contributed by atoms with Crippen LogP contribution in [0.3, 0.4) is 0 Å². The maximum absolute atomic E-state index is 11.6. The summed E-state index contributed by atoms with van der Waals surface area (Å²) in [6.07, 6.45) is 3.46. The minimum atomic E-state index is -0.0274. The molecule has 2 rings (SSSR count). The fraction of sp³-hybridized carbons (Fsp3) is 0.286. The summed E-state index contributed by atoms with van der Waals surface area (Å²) in [5.41, 5.74) is 7.27. The first-order valence-corrected chi connectivity index (χ1v) is 6.19. The fourth-order valence-electron chi connectivity index (χ4n) is 1.85. The average molecular weight is 258 g/mol. The second-order valence-electron chi connectivity index (χ2n) is 4.55. The minimum Gasteiger partial charge on any atom is -0.398 e. The second kappa shape index (κ2) is 6.15. The van der Waals surface area contributed by atoms with E-state index in [1.807, 2.05) is 25.2 Å². The molecule has 0 atom stereocenters. The molecular weight excluding hydrogens is 240 g/mol. The van der Waals surface area contributed by atoms with E-state index in [0.717, 1.165) is 18.8 Å². The lowest BCUT2D eigenvalue weighted by molar-refractivity contribution is 0.306. The van der Waals surface area contributed by atoms with Gasteiger partial charge in [-0.1, -0.05) is 6.07 Å². The molecule has 0 spiro atoms. The van der Waals surface area contributed by atoms with E-state index in [-0.39, 0.29) is 5.56 Å². The average Bonchev–Trinajstić information content (AvgIpc) is 2.41. The highest BCUT2D eigenvalue weighted by Crippen LogP contribution is 2.00. The highest BCUT2D eigenvalue weighted by Gasteiger charge is 2.02. The Morgan fingerprint density at radius 1 is 1.32 bits per heavy atom. The molecular formula is C14H18N4O. The summed E-state index contributed by atoms with van der Waals surface area (Å²) in [6, 6.07) is 8.97. The van der Waals surface area contributed by atoms with Crippen molar-refractivity contribution in [1.29, 1.82) is 0 Å². The molecule has 0 fully saturated rings. The Balaban J connectivity index is 1.91. The van der Waals surface area contributed by atoms with Crippen molar-refractivity contribution in [3.05, 3.63) is 58.8 Å². The van der Waals surface area contributed by atoms with Gasteiger partial charge in [0, 0.05) is 43.8 Å².